The highest BCUT2D eigenvalue weighted by molar-refractivity contribution is 7.71. The molecule has 0 spiro atoms. The van der Waals surface area contributed by atoms with E-state index < -0.39 is 0 Å². The number of nitrogens with zero attached hydrogens (tertiary/aromatic N) is 4. The summed E-state index contributed by atoms with van der Waals surface area (Å²) >= 11 is 5.32. The van der Waals surface area contributed by atoms with Gasteiger partial charge in [-0.05, 0) is 32.0 Å². The maximum Gasteiger partial charge on any atom is 0.221 e. The Morgan fingerprint density at radius 3 is 2.78 bits per heavy atom. The fraction of sp³-hybridized carbons (Fsp3) is 0.368. The number of amides is 1. The summed E-state index contributed by atoms with van der Waals surface area (Å²) in [4.78, 5) is 16.1. The predicted molar refractivity (Wildman–Crippen MR) is 107 cm³/mol. The van der Waals surface area contributed by atoms with Gasteiger partial charge in [0.2, 0.25) is 5.91 Å². The first kappa shape index (κ1) is 19.0. The number of nitrogens with one attached hydrogen (secondary N) is 2. The minimum Gasteiger partial charge on any atom is -0.356 e. The Kier molecular flexibility index (Phi) is 6.54. The molecule has 142 valence electrons. The number of carbonyl (C=O) groups is 1. The number of aromatic nitrogens is 5. The second kappa shape index (κ2) is 9.27. The van der Waals surface area contributed by atoms with Crippen molar-refractivity contribution in [2.45, 2.75) is 39.3 Å². The van der Waals surface area contributed by atoms with Crippen LogP contribution in [0.4, 0.5) is 0 Å². The Bertz CT molecular complexity index is 911. The molecule has 0 unspecified atom stereocenters. The molecule has 1 aromatic carbocycles. The molecule has 0 bridgehead atoms. The van der Waals surface area contributed by atoms with Gasteiger partial charge in [0, 0.05) is 44.0 Å². The predicted octanol–water partition coefficient (Wildman–Crippen LogP) is 3.10. The van der Waals surface area contributed by atoms with Gasteiger partial charge < -0.3 is 9.88 Å². The molecular formula is C19H24N6OS. The molecule has 0 atom stereocenters. The molecule has 8 heteroatoms. The number of aryl methyl sites for hydroxylation is 2. The number of unbranched alkanes of at least 4 members (excludes halogenated alkanes) is 1. The molecule has 3 rings (SSSR count). The van der Waals surface area contributed by atoms with Gasteiger partial charge >= 0.3 is 0 Å². The summed E-state index contributed by atoms with van der Waals surface area (Å²) in [6.45, 7) is 4.13. The highest BCUT2D eigenvalue weighted by Gasteiger charge is 2.10. The van der Waals surface area contributed by atoms with Crippen molar-refractivity contribution in [3.63, 3.8) is 0 Å². The summed E-state index contributed by atoms with van der Waals surface area (Å²) in [6, 6.07) is 8.09. The van der Waals surface area contributed by atoms with E-state index in [2.05, 4.69) is 20.5 Å². The first-order valence-electron chi connectivity index (χ1n) is 9.08. The summed E-state index contributed by atoms with van der Waals surface area (Å²) in [5.74, 6) is 0.781. The second-order valence-electron chi connectivity index (χ2n) is 6.48. The zero-order valence-corrected chi connectivity index (χ0v) is 16.2. The van der Waals surface area contributed by atoms with Crippen molar-refractivity contribution in [3.05, 3.63) is 53.3 Å². The highest BCUT2D eigenvalue weighted by Crippen LogP contribution is 2.18. The van der Waals surface area contributed by atoms with Crippen LogP contribution in [0.3, 0.4) is 0 Å². The lowest BCUT2D eigenvalue weighted by atomic mass is 10.1. The number of hydrogen-bond acceptors (Lipinski definition) is 4. The second-order valence-corrected chi connectivity index (χ2v) is 6.86. The molecule has 0 saturated carbocycles. The van der Waals surface area contributed by atoms with Gasteiger partial charge in [0.1, 0.15) is 0 Å². The molecule has 0 aliphatic rings. The third-order valence-corrected chi connectivity index (χ3v) is 4.67. The van der Waals surface area contributed by atoms with Gasteiger partial charge in [-0.3, -0.25) is 14.5 Å². The normalized spacial score (nSPS) is 10.9. The molecule has 0 aliphatic heterocycles. The molecule has 2 aromatic heterocycles. The van der Waals surface area contributed by atoms with Crippen LogP contribution in [0.25, 0.3) is 11.4 Å². The quantitative estimate of drug-likeness (QED) is 0.439. The lowest BCUT2D eigenvalue weighted by molar-refractivity contribution is -0.121. The summed E-state index contributed by atoms with van der Waals surface area (Å²) in [6.07, 6.45) is 7.82. The summed E-state index contributed by atoms with van der Waals surface area (Å²) < 4.78 is 4.44. The van der Waals surface area contributed by atoms with Crippen molar-refractivity contribution < 1.29 is 4.79 Å². The van der Waals surface area contributed by atoms with Gasteiger partial charge in [-0.1, -0.05) is 29.8 Å². The Morgan fingerprint density at radius 2 is 2.04 bits per heavy atom. The average molecular weight is 385 g/mol. The number of hydrogen-bond donors (Lipinski definition) is 2. The van der Waals surface area contributed by atoms with Gasteiger partial charge in [0.15, 0.2) is 10.6 Å². The molecular weight excluding hydrogens is 360 g/mol. The number of aromatic amines is 1. The van der Waals surface area contributed by atoms with Crippen LogP contribution < -0.4 is 5.32 Å². The summed E-state index contributed by atoms with van der Waals surface area (Å²) in [5, 5.41) is 10.1. The lowest BCUT2D eigenvalue weighted by Gasteiger charge is -2.08. The summed E-state index contributed by atoms with van der Waals surface area (Å²) in [5.41, 5.74) is 2.17. The smallest absolute Gasteiger partial charge is 0.221 e. The van der Waals surface area contributed by atoms with Crippen molar-refractivity contribution in [3.8, 4) is 11.4 Å². The molecule has 2 heterocycles. The van der Waals surface area contributed by atoms with E-state index in [1.54, 1.807) is 12.5 Å². The van der Waals surface area contributed by atoms with Gasteiger partial charge in [-0.2, -0.15) is 5.10 Å². The monoisotopic (exact) mass is 384 g/mol. The molecule has 0 fully saturated rings. The molecule has 7 nitrogen and oxygen atoms in total. The van der Waals surface area contributed by atoms with Crippen LogP contribution >= 0.6 is 12.2 Å². The number of rotatable bonds is 9. The van der Waals surface area contributed by atoms with Gasteiger partial charge in [0.05, 0.1) is 6.33 Å². The standard InChI is InChI=1S/C19H24N6OS/c1-15-4-6-16(7-5-15)18-22-23-19(27)25(18)12-8-17(26)21-9-2-3-11-24-13-10-20-14-24/h4-7,10,13-14H,2-3,8-9,11-12H2,1H3,(H,21,26)(H,23,27). The van der Waals surface area contributed by atoms with E-state index >= 15 is 0 Å². The van der Waals surface area contributed by atoms with Crippen LogP contribution in [0.2, 0.25) is 0 Å². The van der Waals surface area contributed by atoms with Crippen LogP contribution in [0.15, 0.2) is 43.0 Å². The van der Waals surface area contributed by atoms with Crippen LogP contribution in [-0.4, -0.2) is 36.8 Å². The fourth-order valence-electron chi connectivity index (χ4n) is 2.82. The lowest BCUT2D eigenvalue weighted by Crippen LogP contribution is -2.25. The van der Waals surface area contributed by atoms with Crippen LogP contribution in [0, 0.1) is 11.7 Å². The number of H-pyrrole nitrogens is 1. The Labute approximate surface area is 163 Å². The topological polar surface area (TPSA) is 80.5 Å². The first-order chi connectivity index (χ1) is 13.1. The van der Waals surface area contributed by atoms with Crippen LogP contribution in [0.5, 0.6) is 0 Å². The van der Waals surface area contributed by atoms with Crippen molar-refractivity contribution in [2.75, 3.05) is 6.54 Å². The molecule has 2 N–H and O–H groups in total. The zero-order valence-electron chi connectivity index (χ0n) is 15.4. The molecule has 1 amide bonds. The summed E-state index contributed by atoms with van der Waals surface area (Å²) in [7, 11) is 0. The van der Waals surface area contributed by atoms with E-state index in [1.807, 2.05) is 46.5 Å². The van der Waals surface area contributed by atoms with Gasteiger partial charge in [-0.15, -0.1) is 0 Å². The minimum atomic E-state index is 0.0237. The Balaban J connectivity index is 1.45. The van der Waals surface area contributed by atoms with Crippen molar-refractivity contribution in [2.24, 2.45) is 0 Å². The molecule has 27 heavy (non-hydrogen) atoms. The van der Waals surface area contributed by atoms with E-state index in [0.717, 1.165) is 30.8 Å². The third kappa shape index (κ3) is 5.37. The van der Waals surface area contributed by atoms with E-state index in [-0.39, 0.29) is 5.91 Å². The SMILES string of the molecule is Cc1ccc(-c2n[nH]c(=S)n2CCC(=O)NCCCCn2ccnc2)cc1. The molecule has 0 radical (unpaired) electrons. The number of benzene rings is 1. The van der Waals surface area contributed by atoms with Gasteiger partial charge in [-0.25, -0.2) is 4.98 Å². The Hall–Kier alpha value is -2.74. The van der Waals surface area contributed by atoms with E-state index in [0.29, 0.717) is 24.3 Å². The van der Waals surface area contributed by atoms with Gasteiger partial charge in [0.25, 0.3) is 0 Å². The number of imidazole rings is 1. The van der Waals surface area contributed by atoms with Crippen molar-refractivity contribution in [1.82, 2.24) is 29.6 Å². The Morgan fingerprint density at radius 1 is 1.22 bits per heavy atom. The zero-order chi connectivity index (χ0) is 19.1. The van der Waals surface area contributed by atoms with E-state index in [9.17, 15) is 4.79 Å². The average Bonchev–Trinajstić information content (AvgIpc) is 3.30. The maximum absolute atomic E-state index is 12.1. The van der Waals surface area contributed by atoms with Crippen LogP contribution in [-0.2, 0) is 17.9 Å². The largest absolute Gasteiger partial charge is 0.356 e. The molecule has 3 aromatic rings. The van der Waals surface area contributed by atoms with Crippen molar-refractivity contribution in [1.29, 1.82) is 0 Å². The van der Waals surface area contributed by atoms with E-state index in [4.69, 9.17) is 12.2 Å². The first-order valence-corrected chi connectivity index (χ1v) is 9.49. The maximum atomic E-state index is 12.1. The molecule has 0 aliphatic carbocycles. The third-order valence-electron chi connectivity index (χ3n) is 4.35. The van der Waals surface area contributed by atoms with Crippen LogP contribution in [0.1, 0.15) is 24.8 Å². The highest BCUT2D eigenvalue weighted by atomic mass is 32.1. The fourth-order valence-corrected chi connectivity index (χ4v) is 3.04. The van der Waals surface area contributed by atoms with Crippen molar-refractivity contribution >= 4 is 18.1 Å². The number of carbonyl (C=O) groups excluding carboxylic acids is 1. The molecule has 0 saturated heterocycles. The van der Waals surface area contributed by atoms with E-state index in [1.165, 1.54) is 5.56 Å². The minimum absolute atomic E-state index is 0.0237.